The summed E-state index contributed by atoms with van der Waals surface area (Å²) in [6.07, 6.45) is -1.88. The van der Waals surface area contributed by atoms with Gasteiger partial charge in [0.15, 0.2) is 23.0 Å². The monoisotopic (exact) mass is 388 g/mol. The average molecular weight is 388 g/mol. The first-order valence-corrected chi connectivity index (χ1v) is 9.02. The van der Waals surface area contributed by atoms with E-state index in [1.807, 2.05) is 0 Å². The molecule has 0 amide bonds. The van der Waals surface area contributed by atoms with Crippen molar-refractivity contribution in [2.24, 2.45) is 5.92 Å². The fraction of sp³-hybridized carbons (Fsp3) is 0.400. The van der Waals surface area contributed by atoms with Gasteiger partial charge in [0, 0.05) is 5.92 Å². The van der Waals surface area contributed by atoms with Crippen molar-refractivity contribution in [3.05, 3.63) is 47.5 Å². The molecule has 0 saturated carbocycles. The molecule has 148 valence electrons. The zero-order valence-electron chi connectivity index (χ0n) is 14.9. The Balaban J connectivity index is 1.44. The smallest absolute Gasteiger partial charge is 0.231 e. The van der Waals surface area contributed by atoms with E-state index in [2.05, 4.69) is 0 Å². The minimum Gasteiger partial charge on any atom is -0.454 e. The standard InChI is InChI=1S/C20H20O8/c21-7-13-18(11-1-3-14-16(5-11)27-9-25-14)24-8-20(13,23)19(22)12-2-4-15-17(6-12)28-10-26-15/h1-6,13,18-19,21-23H,7-10H2. The molecule has 0 bridgehead atoms. The van der Waals surface area contributed by atoms with Gasteiger partial charge in [-0.3, -0.25) is 0 Å². The summed E-state index contributed by atoms with van der Waals surface area (Å²) in [5.74, 6) is 1.57. The molecular formula is C20H20O8. The Morgan fingerprint density at radius 3 is 2.29 bits per heavy atom. The SMILES string of the molecule is OCC1C(c2ccc3c(c2)OCO3)OCC1(O)C(O)c1ccc2c(c1)OCO2. The number of fused-ring (bicyclic) bond motifs is 2. The Bertz CT molecular complexity index is 844. The number of aliphatic hydroxyl groups excluding tert-OH is 2. The molecule has 0 radical (unpaired) electrons. The molecule has 1 saturated heterocycles. The van der Waals surface area contributed by atoms with Crippen LogP contribution in [0.4, 0.5) is 0 Å². The maximum absolute atomic E-state index is 11.3. The molecule has 8 nitrogen and oxygen atoms in total. The summed E-state index contributed by atoms with van der Waals surface area (Å²) in [5, 5.41) is 32.3. The van der Waals surface area contributed by atoms with Crippen molar-refractivity contribution < 1.29 is 39.0 Å². The highest BCUT2D eigenvalue weighted by Gasteiger charge is 2.54. The number of benzene rings is 2. The van der Waals surface area contributed by atoms with Crippen LogP contribution >= 0.6 is 0 Å². The molecule has 3 aliphatic rings. The van der Waals surface area contributed by atoms with Gasteiger partial charge in [0.25, 0.3) is 0 Å². The van der Waals surface area contributed by atoms with Gasteiger partial charge in [-0.05, 0) is 35.4 Å². The Kier molecular flexibility index (Phi) is 4.09. The summed E-state index contributed by atoms with van der Waals surface area (Å²) >= 11 is 0. The highest BCUT2D eigenvalue weighted by Crippen LogP contribution is 2.49. The third-order valence-electron chi connectivity index (χ3n) is 5.61. The Morgan fingerprint density at radius 1 is 0.929 bits per heavy atom. The van der Waals surface area contributed by atoms with Crippen molar-refractivity contribution in [3.63, 3.8) is 0 Å². The van der Waals surface area contributed by atoms with E-state index >= 15 is 0 Å². The molecule has 0 aliphatic carbocycles. The quantitative estimate of drug-likeness (QED) is 0.719. The molecule has 5 rings (SSSR count). The van der Waals surface area contributed by atoms with Crippen LogP contribution in [0.3, 0.4) is 0 Å². The zero-order chi connectivity index (χ0) is 19.3. The second-order valence-corrected chi connectivity index (χ2v) is 7.14. The highest BCUT2D eigenvalue weighted by molar-refractivity contribution is 5.47. The predicted molar refractivity (Wildman–Crippen MR) is 94.3 cm³/mol. The fourth-order valence-electron chi connectivity index (χ4n) is 4.03. The first-order valence-electron chi connectivity index (χ1n) is 9.02. The van der Waals surface area contributed by atoms with Crippen molar-refractivity contribution in [1.29, 1.82) is 0 Å². The molecule has 1 fully saturated rings. The van der Waals surface area contributed by atoms with Crippen LogP contribution in [0.15, 0.2) is 36.4 Å². The van der Waals surface area contributed by atoms with Crippen molar-refractivity contribution in [2.45, 2.75) is 17.8 Å². The lowest BCUT2D eigenvalue weighted by molar-refractivity contribution is -0.110. The number of hydrogen-bond donors (Lipinski definition) is 3. The molecule has 2 aromatic rings. The second kappa shape index (κ2) is 6.52. The lowest BCUT2D eigenvalue weighted by Gasteiger charge is -2.34. The van der Waals surface area contributed by atoms with Crippen molar-refractivity contribution in [1.82, 2.24) is 0 Å². The Hall–Kier alpha value is -2.52. The van der Waals surface area contributed by atoms with Crippen LogP contribution in [0.2, 0.25) is 0 Å². The van der Waals surface area contributed by atoms with Gasteiger partial charge in [-0.15, -0.1) is 0 Å². The van der Waals surface area contributed by atoms with E-state index in [0.717, 1.165) is 5.56 Å². The van der Waals surface area contributed by atoms with E-state index in [4.69, 9.17) is 23.7 Å². The molecule has 8 heteroatoms. The summed E-state index contributed by atoms with van der Waals surface area (Å²) in [6, 6.07) is 10.3. The lowest BCUT2D eigenvalue weighted by Crippen LogP contribution is -2.45. The van der Waals surface area contributed by atoms with Crippen molar-refractivity contribution in [3.8, 4) is 23.0 Å². The molecule has 3 aliphatic heterocycles. The minimum atomic E-state index is -1.68. The largest absolute Gasteiger partial charge is 0.454 e. The van der Waals surface area contributed by atoms with Crippen LogP contribution in [0.1, 0.15) is 23.3 Å². The molecule has 4 atom stereocenters. The van der Waals surface area contributed by atoms with E-state index in [1.165, 1.54) is 0 Å². The normalized spacial score (nSPS) is 28.5. The van der Waals surface area contributed by atoms with Crippen LogP contribution in [0, 0.1) is 5.92 Å². The van der Waals surface area contributed by atoms with Gasteiger partial charge in [-0.25, -0.2) is 0 Å². The summed E-state index contributed by atoms with van der Waals surface area (Å²) in [4.78, 5) is 0. The van der Waals surface area contributed by atoms with Crippen molar-refractivity contribution in [2.75, 3.05) is 26.8 Å². The van der Waals surface area contributed by atoms with E-state index in [9.17, 15) is 15.3 Å². The molecule has 3 N–H and O–H groups in total. The summed E-state index contributed by atoms with van der Waals surface area (Å²) < 4.78 is 27.2. The highest BCUT2D eigenvalue weighted by atomic mass is 16.7. The van der Waals surface area contributed by atoms with Crippen LogP contribution < -0.4 is 18.9 Å². The third kappa shape index (κ3) is 2.61. The van der Waals surface area contributed by atoms with E-state index in [-0.39, 0.29) is 26.8 Å². The average Bonchev–Trinajstić information content (AvgIpc) is 3.44. The number of aliphatic hydroxyl groups is 3. The summed E-state index contributed by atoms with van der Waals surface area (Å²) in [6.45, 7) is -0.224. The molecular weight excluding hydrogens is 368 g/mol. The second-order valence-electron chi connectivity index (χ2n) is 7.14. The maximum atomic E-state index is 11.3. The van der Waals surface area contributed by atoms with Crippen molar-refractivity contribution >= 4 is 0 Å². The first-order chi connectivity index (χ1) is 13.6. The number of ether oxygens (including phenoxy) is 5. The van der Waals surface area contributed by atoms with Gasteiger partial charge in [-0.1, -0.05) is 12.1 Å². The van der Waals surface area contributed by atoms with Crippen LogP contribution in [-0.2, 0) is 4.74 Å². The van der Waals surface area contributed by atoms with E-state index in [0.29, 0.717) is 28.6 Å². The molecule has 2 aromatic carbocycles. The van der Waals surface area contributed by atoms with Gasteiger partial charge in [0.05, 0.1) is 19.3 Å². The summed E-state index contributed by atoms with van der Waals surface area (Å²) in [5.41, 5.74) is -0.485. The number of hydrogen-bond acceptors (Lipinski definition) is 8. The predicted octanol–water partition coefficient (Wildman–Crippen LogP) is 1.29. The minimum absolute atomic E-state index is 0.119. The van der Waals surface area contributed by atoms with Crippen LogP contribution in [0.25, 0.3) is 0 Å². The zero-order valence-corrected chi connectivity index (χ0v) is 14.9. The molecule has 3 heterocycles. The topological polar surface area (TPSA) is 107 Å². The Labute approximate surface area is 160 Å². The Morgan fingerprint density at radius 2 is 1.57 bits per heavy atom. The van der Waals surface area contributed by atoms with E-state index < -0.39 is 23.7 Å². The fourth-order valence-corrected chi connectivity index (χ4v) is 4.03. The molecule has 0 spiro atoms. The van der Waals surface area contributed by atoms with Gasteiger partial charge in [0.1, 0.15) is 11.7 Å². The third-order valence-corrected chi connectivity index (χ3v) is 5.61. The van der Waals surface area contributed by atoms with Crippen LogP contribution in [0.5, 0.6) is 23.0 Å². The molecule has 0 aromatic heterocycles. The van der Waals surface area contributed by atoms with Gasteiger partial charge < -0.3 is 39.0 Å². The van der Waals surface area contributed by atoms with E-state index in [1.54, 1.807) is 36.4 Å². The van der Waals surface area contributed by atoms with Gasteiger partial charge >= 0.3 is 0 Å². The number of rotatable bonds is 4. The van der Waals surface area contributed by atoms with Gasteiger partial charge in [0.2, 0.25) is 13.6 Å². The molecule has 4 unspecified atom stereocenters. The van der Waals surface area contributed by atoms with Gasteiger partial charge in [-0.2, -0.15) is 0 Å². The first kappa shape index (κ1) is 17.6. The molecule has 28 heavy (non-hydrogen) atoms. The van der Waals surface area contributed by atoms with Crippen LogP contribution in [-0.4, -0.2) is 47.7 Å². The summed E-state index contributed by atoms with van der Waals surface area (Å²) in [7, 11) is 0. The lowest BCUT2D eigenvalue weighted by atomic mass is 9.78. The maximum Gasteiger partial charge on any atom is 0.231 e.